The van der Waals surface area contributed by atoms with Crippen LogP contribution in [0.25, 0.3) is 0 Å². The van der Waals surface area contributed by atoms with E-state index >= 15 is 0 Å². The molecule has 0 fully saturated rings. The number of nitrogens with one attached hydrogen (secondary N) is 1. The van der Waals surface area contributed by atoms with Gasteiger partial charge in [-0.2, -0.15) is 0 Å². The minimum absolute atomic E-state index is 0.341. The highest BCUT2D eigenvalue weighted by Crippen LogP contribution is 2.08. The molecule has 0 saturated heterocycles. The van der Waals surface area contributed by atoms with Crippen molar-refractivity contribution in [3.05, 3.63) is 29.8 Å². The molecule has 0 aromatic heterocycles. The third-order valence-electron chi connectivity index (χ3n) is 1.56. The topological polar surface area (TPSA) is 38.3 Å². The smallest absolute Gasteiger partial charge is 0.293 e. The molecule has 0 atom stereocenters. The largest absolute Gasteiger partial charge is 0.463 e. The monoisotopic (exact) mass is 195 g/mol. The van der Waals surface area contributed by atoms with Gasteiger partial charge in [0, 0.05) is 12.7 Å². The van der Waals surface area contributed by atoms with Crippen molar-refractivity contribution in [3.63, 3.8) is 0 Å². The first-order chi connectivity index (χ1) is 6.86. The van der Waals surface area contributed by atoms with Crippen LogP contribution in [-0.4, -0.2) is 13.5 Å². The average Bonchev–Trinajstić information content (AvgIpc) is 2.30. The van der Waals surface area contributed by atoms with Crippen molar-refractivity contribution >= 4 is 12.2 Å². The van der Waals surface area contributed by atoms with E-state index in [9.17, 15) is 4.79 Å². The lowest BCUT2D eigenvalue weighted by Crippen LogP contribution is -1.91. The number of benzene rings is 1. The van der Waals surface area contributed by atoms with Crippen LogP contribution in [0.1, 0.15) is 19.4 Å². The van der Waals surface area contributed by atoms with Crippen molar-refractivity contribution < 1.29 is 9.53 Å². The van der Waals surface area contributed by atoms with E-state index in [0.717, 1.165) is 11.3 Å². The summed E-state index contributed by atoms with van der Waals surface area (Å²) >= 11 is 0. The van der Waals surface area contributed by atoms with Crippen LogP contribution in [0.2, 0.25) is 0 Å². The van der Waals surface area contributed by atoms with Gasteiger partial charge in [0.25, 0.3) is 6.47 Å². The Kier molecular flexibility index (Phi) is 7.23. The number of ether oxygens (including phenoxy) is 1. The molecule has 78 valence electrons. The van der Waals surface area contributed by atoms with Crippen LogP contribution in [-0.2, 0) is 16.1 Å². The second-order valence-electron chi connectivity index (χ2n) is 2.35. The molecule has 0 bridgehead atoms. The first kappa shape index (κ1) is 12.5. The Bertz CT molecular complexity index is 244. The minimum Gasteiger partial charge on any atom is -0.463 e. The van der Waals surface area contributed by atoms with Gasteiger partial charge in [-0.25, -0.2) is 0 Å². The summed E-state index contributed by atoms with van der Waals surface area (Å²) in [5.74, 6) is 0. The van der Waals surface area contributed by atoms with E-state index in [1.165, 1.54) is 0 Å². The van der Waals surface area contributed by atoms with Gasteiger partial charge in [-0.15, -0.1) is 0 Å². The molecule has 1 aromatic carbocycles. The van der Waals surface area contributed by atoms with Gasteiger partial charge < -0.3 is 10.1 Å². The van der Waals surface area contributed by atoms with Crippen LogP contribution < -0.4 is 5.32 Å². The summed E-state index contributed by atoms with van der Waals surface area (Å²) in [5, 5.41) is 3.00. The number of carbonyl (C=O) groups is 1. The summed E-state index contributed by atoms with van der Waals surface area (Å²) in [6, 6.07) is 7.69. The highest BCUT2D eigenvalue weighted by atomic mass is 16.5. The van der Waals surface area contributed by atoms with Crippen LogP contribution in [0.15, 0.2) is 24.3 Å². The fourth-order valence-electron chi connectivity index (χ4n) is 0.898. The lowest BCUT2D eigenvalue weighted by Gasteiger charge is -2.01. The zero-order valence-electron chi connectivity index (χ0n) is 8.91. The number of anilines is 1. The molecule has 0 aliphatic carbocycles. The Morgan fingerprint density at radius 3 is 2.29 bits per heavy atom. The number of carbonyl (C=O) groups excluding carboxylic acids is 1. The Hall–Kier alpha value is -1.51. The third kappa shape index (κ3) is 4.50. The van der Waals surface area contributed by atoms with Crippen LogP contribution in [0, 0.1) is 0 Å². The summed E-state index contributed by atoms with van der Waals surface area (Å²) in [6.07, 6.45) is 0. The van der Waals surface area contributed by atoms with Gasteiger partial charge in [0.2, 0.25) is 0 Å². The predicted octanol–water partition coefficient (Wildman–Crippen LogP) is 2.43. The second kappa shape index (κ2) is 8.10. The van der Waals surface area contributed by atoms with Gasteiger partial charge in [-0.05, 0) is 17.7 Å². The molecule has 0 radical (unpaired) electrons. The van der Waals surface area contributed by atoms with E-state index in [4.69, 9.17) is 0 Å². The summed E-state index contributed by atoms with van der Waals surface area (Å²) in [6.45, 7) is 4.79. The number of hydrogen-bond donors (Lipinski definition) is 1. The van der Waals surface area contributed by atoms with Crippen molar-refractivity contribution in [2.45, 2.75) is 20.5 Å². The van der Waals surface area contributed by atoms with Crippen molar-refractivity contribution in [2.75, 3.05) is 12.4 Å². The van der Waals surface area contributed by atoms with E-state index in [2.05, 4.69) is 10.1 Å². The zero-order chi connectivity index (χ0) is 10.8. The summed E-state index contributed by atoms with van der Waals surface area (Å²) < 4.78 is 4.59. The molecule has 14 heavy (non-hydrogen) atoms. The zero-order valence-corrected chi connectivity index (χ0v) is 8.91. The highest BCUT2D eigenvalue weighted by molar-refractivity contribution is 5.44. The van der Waals surface area contributed by atoms with Gasteiger partial charge in [0.15, 0.2) is 0 Å². The minimum atomic E-state index is 0.341. The number of rotatable bonds is 4. The molecule has 0 unspecified atom stereocenters. The van der Waals surface area contributed by atoms with Gasteiger partial charge in [0.1, 0.15) is 6.61 Å². The Morgan fingerprint density at radius 2 is 1.86 bits per heavy atom. The van der Waals surface area contributed by atoms with Gasteiger partial charge in [-0.3, -0.25) is 4.79 Å². The summed E-state index contributed by atoms with van der Waals surface area (Å²) in [4.78, 5) is 9.87. The van der Waals surface area contributed by atoms with E-state index in [-0.39, 0.29) is 0 Å². The third-order valence-corrected chi connectivity index (χ3v) is 1.56. The van der Waals surface area contributed by atoms with Crippen molar-refractivity contribution in [1.29, 1.82) is 0 Å². The summed E-state index contributed by atoms with van der Waals surface area (Å²) in [7, 11) is 1.86. The Balaban J connectivity index is 0.000000791. The van der Waals surface area contributed by atoms with Gasteiger partial charge >= 0.3 is 0 Å². The van der Waals surface area contributed by atoms with Crippen LogP contribution in [0.4, 0.5) is 5.69 Å². The van der Waals surface area contributed by atoms with Gasteiger partial charge in [0.05, 0.1) is 0 Å². The standard InChI is InChI=1S/C9H11NO2.C2H6/c1-10-9-4-2-8(3-5-9)6-12-7-11;1-2/h2-5,7,10H,6H2,1H3;1-2H3. The van der Waals surface area contributed by atoms with E-state index in [1.807, 2.05) is 45.2 Å². The van der Waals surface area contributed by atoms with Crippen LogP contribution in [0.3, 0.4) is 0 Å². The molecular formula is C11H17NO2. The molecule has 0 amide bonds. The molecule has 0 aliphatic rings. The van der Waals surface area contributed by atoms with E-state index in [0.29, 0.717) is 13.1 Å². The first-order valence-corrected chi connectivity index (χ1v) is 4.69. The SMILES string of the molecule is CC.CNc1ccc(COC=O)cc1. The fourth-order valence-corrected chi connectivity index (χ4v) is 0.898. The molecule has 3 heteroatoms. The van der Waals surface area contributed by atoms with E-state index in [1.54, 1.807) is 0 Å². The Morgan fingerprint density at radius 1 is 1.29 bits per heavy atom. The van der Waals surface area contributed by atoms with Crippen LogP contribution in [0.5, 0.6) is 0 Å². The number of hydrogen-bond acceptors (Lipinski definition) is 3. The molecule has 3 nitrogen and oxygen atoms in total. The van der Waals surface area contributed by atoms with Crippen molar-refractivity contribution in [1.82, 2.24) is 0 Å². The first-order valence-electron chi connectivity index (χ1n) is 4.69. The van der Waals surface area contributed by atoms with Crippen LogP contribution >= 0.6 is 0 Å². The highest BCUT2D eigenvalue weighted by Gasteiger charge is 1.91. The van der Waals surface area contributed by atoms with Crippen molar-refractivity contribution in [3.8, 4) is 0 Å². The quantitative estimate of drug-likeness (QED) is 0.750. The fraction of sp³-hybridized carbons (Fsp3) is 0.364. The molecule has 0 spiro atoms. The summed E-state index contributed by atoms with van der Waals surface area (Å²) in [5.41, 5.74) is 2.03. The maximum absolute atomic E-state index is 9.87. The lowest BCUT2D eigenvalue weighted by atomic mass is 10.2. The Labute approximate surface area is 85.1 Å². The molecular weight excluding hydrogens is 178 g/mol. The molecule has 0 saturated carbocycles. The molecule has 1 aromatic rings. The normalized spacial score (nSPS) is 8.21. The van der Waals surface area contributed by atoms with E-state index < -0.39 is 0 Å². The second-order valence-corrected chi connectivity index (χ2v) is 2.35. The maximum atomic E-state index is 9.87. The molecule has 0 aliphatic heterocycles. The molecule has 1 N–H and O–H groups in total. The van der Waals surface area contributed by atoms with Crippen molar-refractivity contribution in [2.24, 2.45) is 0 Å². The maximum Gasteiger partial charge on any atom is 0.293 e. The lowest BCUT2D eigenvalue weighted by molar-refractivity contribution is -0.129. The predicted molar refractivity (Wildman–Crippen MR) is 58.2 cm³/mol. The molecule has 0 heterocycles. The van der Waals surface area contributed by atoms with Gasteiger partial charge in [-0.1, -0.05) is 26.0 Å². The average molecular weight is 195 g/mol. The molecule has 1 rings (SSSR count).